The van der Waals surface area contributed by atoms with E-state index in [1.807, 2.05) is 60.7 Å². The smallest absolute Gasteiger partial charge is 0.164 e. The number of fused-ring (bicyclic) bond motifs is 6. The first-order valence-corrected chi connectivity index (χ1v) is 18.9. The largest absolute Gasteiger partial charge is 0.309 e. The van der Waals surface area contributed by atoms with Crippen molar-refractivity contribution in [2.45, 2.75) is 0 Å². The van der Waals surface area contributed by atoms with Crippen molar-refractivity contribution in [3.63, 3.8) is 0 Å². The standard InChI is InChI=1S/C51H33N5/c1-3-15-34(16-4-1)49-52-50(35-17-5-2-6-18-35)54-51(53-49)38-20-14-22-40(32-38)56-47-28-12-9-25-43(47)44-33-37(29-30-48(44)56)36-19-13-21-39(31-36)55-45-26-10-7-23-41(45)42-24-8-11-27-46(42)55/h1-33H. The van der Waals surface area contributed by atoms with Gasteiger partial charge in [-0.2, -0.15) is 0 Å². The Balaban J connectivity index is 1.04. The lowest BCUT2D eigenvalue weighted by molar-refractivity contribution is 1.07. The lowest BCUT2D eigenvalue weighted by Gasteiger charge is -2.12. The molecule has 8 aromatic carbocycles. The van der Waals surface area contributed by atoms with E-state index >= 15 is 0 Å². The van der Waals surface area contributed by atoms with Gasteiger partial charge in [0.1, 0.15) is 0 Å². The van der Waals surface area contributed by atoms with Gasteiger partial charge in [0.25, 0.3) is 0 Å². The number of hydrogen-bond acceptors (Lipinski definition) is 3. The summed E-state index contributed by atoms with van der Waals surface area (Å²) in [6.07, 6.45) is 0. The van der Waals surface area contributed by atoms with E-state index in [0.717, 1.165) is 39.1 Å². The molecular formula is C51H33N5. The summed E-state index contributed by atoms with van der Waals surface area (Å²) in [5, 5.41) is 4.92. The van der Waals surface area contributed by atoms with Gasteiger partial charge in [-0.3, -0.25) is 0 Å². The van der Waals surface area contributed by atoms with Crippen LogP contribution >= 0.6 is 0 Å². The maximum atomic E-state index is 5.02. The van der Waals surface area contributed by atoms with Gasteiger partial charge in [-0.25, -0.2) is 15.0 Å². The molecule has 0 unspecified atom stereocenters. The highest BCUT2D eigenvalue weighted by Gasteiger charge is 2.17. The Morgan fingerprint density at radius 3 is 1.16 bits per heavy atom. The second-order valence-corrected chi connectivity index (χ2v) is 14.1. The van der Waals surface area contributed by atoms with Crippen LogP contribution in [0.2, 0.25) is 0 Å². The maximum Gasteiger partial charge on any atom is 0.164 e. The van der Waals surface area contributed by atoms with Crippen LogP contribution in [0, 0.1) is 0 Å². The van der Waals surface area contributed by atoms with Gasteiger partial charge in [-0.15, -0.1) is 0 Å². The number of hydrogen-bond donors (Lipinski definition) is 0. The molecule has 56 heavy (non-hydrogen) atoms. The highest BCUT2D eigenvalue weighted by atomic mass is 15.0. The molecule has 0 amide bonds. The number of rotatable bonds is 6. The van der Waals surface area contributed by atoms with Crippen LogP contribution in [0.4, 0.5) is 0 Å². The van der Waals surface area contributed by atoms with E-state index in [2.05, 4.69) is 149 Å². The Morgan fingerprint density at radius 1 is 0.250 bits per heavy atom. The minimum Gasteiger partial charge on any atom is -0.309 e. The second-order valence-electron chi connectivity index (χ2n) is 14.1. The van der Waals surface area contributed by atoms with E-state index in [1.54, 1.807) is 0 Å². The zero-order valence-corrected chi connectivity index (χ0v) is 30.3. The van der Waals surface area contributed by atoms with Crippen LogP contribution in [0.3, 0.4) is 0 Å². The Hall–Kier alpha value is -7.63. The molecule has 5 nitrogen and oxygen atoms in total. The van der Waals surface area contributed by atoms with E-state index in [-0.39, 0.29) is 0 Å². The molecule has 0 fully saturated rings. The Bertz CT molecular complexity index is 3140. The van der Waals surface area contributed by atoms with Crippen molar-refractivity contribution in [1.29, 1.82) is 0 Å². The molecule has 0 aliphatic rings. The SMILES string of the molecule is c1ccc(-c2nc(-c3ccccc3)nc(-c3cccc(-n4c5ccccc5c5cc(-c6cccc(-n7c8ccccc8c8ccccc87)c6)ccc54)c3)n2)cc1. The third kappa shape index (κ3) is 5.29. The van der Waals surface area contributed by atoms with E-state index < -0.39 is 0 Å². The zero-order valence-electron chi connectivity index (χ0n) is 30.3. The lowest BCUT2D eigenvalue weighted by Crippen LogP contribution is -2.01. The van der Waals surface area contributed by atoms with Crippen LogP contribution in [0.5, 0.6) is 0 Å². The highest BCUT2D eigenvalue weighted by molar-refractivity contribution is 6.11. The average Bonchev–Trinajstić information content (AvgIpc) is 3.80. The van der Waals surface area contributed by atoms with Gasteiger partial charge in [0.2, 0.25) is 0 Å². The van der Waals surface area contributed by atoms with Crippen LogP contribution in [0.25, 0.3) is 100 Å². The first-order chi connectivity index (χ1) is 27.8. The van der Waals surface area contributed by atoms with Gasteiger partial charge >= 0.3 is 0 Å². The third-order valence-electron chi connectivity index (χ3n) is 10.8. The summed E-state index contributed by atoms with van der Waals surface area (Å²) in [5.41, 5.74) is 12.0. The zero-order chi connectivity index (χ0) is 37.0. The summed E-state index contributed by atoms with van der Waals surface area (Å²) < 4.78 is 4.73. The van der Waals surface area contributed by atoms with Gasteiger partial charge in [-0.05, 0) is 65.7 Å². The van der Waals surface area contributed by atoms with E-state index in [0.29, 0.717) is 17.5 Å². The molecule has 0 spiro atoms. The molecule has 0 atom stereocenters. The van der Waals surface area contributed by atoms with Crippen molar-refractivity contribution in [3.8, 4) is 56.7 Å². The monoisotopic (exact) mass is 715 g/mol. The van der Waals surface area contributed by atoms with E-state index in [4.69, 9.17) is 15.0 Å². The number of aromatic nitrogens is 5. The van der Waals surface area contributed by atoms with Gasteiger partial charge in [0.05, 0.1) is 22.1 Å². The van der Waals surface area contributed by atoms with Gasteiger partial charge in [-0.1, -0.05) is 146 Å². The molecule has 0 aliphatic heterocycles. The minimum absolute atomic E-state index is 0.630. The van der Waals surface area contributed by atoms with Crippen LogP contribution < -0.4 is 0 Å². The third-order valence-corrected chi connectivity index (χ3v) is 10.8. The quantitative estimate of drug-likeness (QED) is 0.172. The fourth-order valence-corrected chi connectivity index (χ4v) is 8.18. The summed E-state index contributed by atoms with van der Waals surface area (Å²) in [6.45, 7) is 0. The predicted octanol–water partition coefficient (Wildman–Crippen LogP) is 12.7. The fraction of sp³-hybridized carbons (Fsp3) is 0. The van der Waals surface area contributed by atoms with Gasteiger partial charge in [0.15, 0.2) is 17.5 Å². The molecule has 0 saturated heterocycles. The summed E-state index contributed by atoms with van der Waals surface area (Å²) >= 11 is 0. The normalized spacial score (nSPS) is 11.6. The van der Waals surface area contributed by atoms with Crippen LogP contribution in [-0.4, -0.2) is 24.1 Å². The van der Waals surface area contributed by atoms with Crippen molar-refractivity contribution in [2.24, 2.45) is 0 Å². The van der Waals surface area contributed by atoms with Crippen LogP contribution in [-0.2, 0) is 0 Å². The Kier molecular flexibility index (Phi) is 7.42. The molecule has 11 aromatic rings. The first-order valence-electron chi connectivity index (χ1n) is 18.9. The topological polar surface area (TPSA) is 48.5 Å². The van der Waals surface area contributed by atoms with Crippen molar-refractivity contribution in [3.05, 3.63) is 200 Å². The molecule has 3 aromatic heterocycles. The van der Waals surface area contributed by atoms with Gasteiger partial charge < -0.3 is 9.13 Å². The molecule has 5 heteroatoms. The molecule has 262 valence electrons. The molecule has 3 heterocycles. The van der Waals surface area contributed by atoms with Crippen molar-refractivity contribution < 1.29 is 0 Å². The summed E-state index contributed by atoms with van der Waals surface area (Å²) in [5.74, 6) is 1.92. The summed E-state index contributed by atoms with van der Waals surface area (Å²) in [4.78, 5) is 14.9. The molecule has 0 radical (unpaired) electrons. The first kappa shape index (κ1) is 31.9. The molecule has 0 bridgehead atoms. The second kappa shape index (κ2) is 13.0. The molecule has 11 rings (SSSR count). The van der Waals surface area contributed by atoms with Crippen LogP contribution in [0.15, 0.2) is 200 Å². The average molecular weight is 716 g/mol. The molecule has 0 saturated carbocycles. The molecule has 0 aliphatic carbocycles. The van der Waals surface area contributed by atoms with Crippen molar-refractivity contribution in [2.75, 3.05) is 0 Å². The predicted molar refractivity (Wildman–Crippen MR) is 230 cm³/mol. The number of nitrogens with zero attached hydrogens (tertiary/aromatic N) is 5. The Morgan fingerprint density at radius 2 is 0.625 bits per heavy atom. The number of para-hydroxylation sites is 3. The minimum atomic E-state index is 0.630. The fourth-order valence-electron chi connectivity index (χ4n) is 8.18. The van der Waals surface area contributed by atoms with Crippen molar-refractivity contribution in [1.82, 2.24) is 24.1 Å². The molecule has 0 N–H and O–H groups in total. The Labute approximate surface area is 323 Å². The summed E-state index contributed by atoms with van der Waals surface area (Å²) in [7, 11) is 0. The van der Waals surface area contributed by atoms with E-state index in [9.17, 15) is 0 Å². The van der Waals surface area contributed by atoms with Crippen molar-refractivity contribution >= 4 is 43.6 Å². The van der Waals surface area contributed by atoms with Crippen LogP contribution in [0.1, 0.15) is 0 Å². The number of benzene rings is 8. The lowest BCUT2D eigenvalue weighted by atomic mass is 10.0. The van der Waals surface area contributed by atoms with E-state index in [1.165, 1.54) is 43.7 Å². The summed E-state index contributed by atoms with van der Waals surface area (Å²) in [6, 6.07) is 70.5. The molecular weight excluding hydrogens is 683 g/mol. The highest BCUT2D eigenvalue weighted by Crippen LogP contribution is 2.38. The van der Waals surface area contributed by atoms with Gasteiger partial charge in [0, 0.05) is 49.6 Å². The maximum absolute atomic E-state index is 5.02.